The zero-order chi connectivity index (χ0) is 8.57. The second-order valence-electron chi connectivity index (χ2n) is 1.90. The minimum absolute atomic E-state index is 0.810. The zero-order valence-corrected chi connectivity index (χ0v) is 8.29. The maximum atomic E-state index is 5.64. The van der Waals surface area contributed by atoms with Gasteiger partial charge in [0.05, 0.1) is 0 Å². The van der Waals surface area contributed by atoms with Gasteiger partial charge in [0, 0.05) is 5.03 Å². The quantitative estimate of drug-likeness (QED) is 0.507. The maximum Gasteiger partial charge on any atom is 0.0362 e. The lowest BCUT2D eigenvalue weighted by molar-refractivity contribution is 1.38. The van der Waals surface area contributed by atoms with Gasteiger partial charge in [0.1, 0.15) is 0 Å². The Morgan fingerprint density at radius 1 is 1.20 bits per heavy atom. The van der Waals surface area contributed by atoms with Gasteiger partial charge in [-0.1, -0.05) is 37.1 Å². The van der Waals surface area contributed by atoms with E-state index in [-0.39, 0.29) is 0 Å². The topological polar surface area (TPSA) is 0 Å². The van der Waals surface area contributed by atoms with Gasteiger partial charge >= 0.3 is 0 Å². The van der Waals surface area contributed by atoms with Crippen LogP contribution in [0.1, 0.15) is 34.6 Å². The molecule has 0 nitrogen and oxygen atoms in total. The highest BCUT2D eigenvalue weighted by atomic mass is 35.5. The molecule has 0 radical (unpaired) electrons. The number of halogens is 1. The molecule has 0 saturated carbocycles. The van der Waals surface area contributed by atoms with E-state index in [1.165, 1.54) is 5.57 Å². The highest BCUT2D eigenvalue weighted by molar-refractivity contribution is 6.31. The van der Waals surface area contributed by atoms with Gasteiger partial charge in [-0.25, -0.2) is 0 Å². The normalized spacial score (nSPS) is 9.60. The van der Waals surface area contributed by atoms with E-state index < -0.39 is 0 Å². The molecule has 0 saturated heterocycles. The summed E-state index contributed by atoms with van der Waals surface area (Å²) < 4.78 is 0. The summed E-state index contributed by atoms with van der Waals surface area (Å²) in [5, 5.41) is 0.810. The van der Waals surface area contributed by atoms with Crippen molar-refractivity contribution in [2.75, 3.05) is 0 Å². The summed E-state index contributed by atoms with van der Waals surface area (Å²) in [6, 6.07) is 0. The number of allylic oxidation sites excluding steroid dienone is 4. The van der Waals surface area contributed by atoms with Crippen molar-refractivity contribution in [3.63, 3.8) is 0 Å². The predicted molar refractivity (Wildman–Crippen MR) is 50.4 cm³/mol. The highest BCUT2D eigenvalue weighted by Gasteiger charge is 1.79. The molecule has 1 heteroatoms. The van der Waals surface area contributed by atoms with E-state index in [0.717, 1.165) is 5.03 Å². The van der Waals surface area contributed by atoms with Gasteiger partial charge in [-0.05, 0) is 26.8 Å². The fraction of sp³-hybridized carbons (Fsp3) is 0.556. The van der Waals surface area contributed by atoms with Crippen LogP contribution >= 0.6 is 11.6 Å². The molecule has 0 atom stereocenters. The van der Waals surface area contributed by atoms with Crippen molar-refractivity contribution in [3.8, 4) is 0 Å². The molecular formula is C9H17Cl. The number of hydrogen-bond acceptors (Lipinski definition) is 0. The third-order valence-electron chi connectivity index (χ3n) is 0.702. The Kier molecular flexibility index (Phi) is 10.9. The van der Waals surface area contributed by atoms with E-state index in [2.05, 4.69) is 0 Å². The fourth-order valence-corrected chi connectivity index (χ4v) is 0.577. The first-order valence-corrected chi connectivity index (χ1v) is 4.01. The molecule has 0 aliphatic carbocycles. The van der Waals surface area contributed by atoms with E-state index >= 15 is 0 Å². The van der Waals surface area contributed by atoms with E-state index in [1.54, 1.807) is 0 Å². The van der Waals surface area contributed by atoms with Crippen molar-refractivity contribution >= 4 is 11.6 Å². The Labute approximate surface area is 69.6 Å². The van der Waals surface area contributed by atoms with Crippen LogP contribution in [0.5, 0.6) is 0 Å². The first-order chi connectivity index (χ1) is 4.66. The molecule has 0 fully saturated rings. The molecule has 0 spiro atoms. The number of rotatable bonds is 1. The summed E-state index contributed by atoms with van der Waals surface area (Å²) in [4.78, 5) is 0. The summed E-state index contributed by atoms with van der Waals surface area (Å²) in [6.07, 6.45) is 3.80. The van der Waals surface area contributed by atoms with Crippen LogP contribution in [-0.4, -0.2) is 0 Å². The van der Waals surface area contributed by atoms with Crippen molar-refractivity contribution in [1.82, 2.24) is 0 Å². The molecule has 0 N–H and O–H groups in total. The molecule has 60 valence electrons. The second kappa shape index (κ2) is 8.77. The Morgan fingerprint density at radius 3 is 1.70 bits per heavy atom. The van der Waals surface area contributed by atoms with Crippen LogP contribution in [0.25, 0.3) is 0 Å². The summed E-state index contributed by atoms with van der Waals surface area (Å²) >= 11 is 5.64. The fourth-order valence-electron chi connectivity index (χ4n) is 0.359. The van der Waals surface area contributed by atoms with Crippen LogP contribution in [-0.2, 0) is 0 Å². The third-order valence-corrected chi connectivity index (χ3v) is 1.03. The van der Waals surface area contributed by atoms with E-state index in [1.807, 2.05) is 46.8 Å². The average Bonchev–Trinajstić information content (AvgIpc) is 1.91. The van der Waals surface area contributed by atoms with Crippen molar-refractivity contribution in [1.29, 1.82) is 0 Å². The van der Waals surface area contributed by atoms with Crippen molar-refractivity contribution in [2.45, 2.75) is 34.6 Å². The summed E-state index contributed by atoms with van der Waals surface area (Å²) in [6.45, 7) is 9.96. The maximum absolute atomic E-state index is 5.64. The monoisotopic (exact) mass is 160 g/mol. The molecule has 0 aromatic carbocycles. The molecule has 0 aromatic heterocycles. The first kappa shape index (κ1) is 12.4. The van der Waals surface area contributed by atoms with Crippen molar-refractivity contribution in [3.05, 3.63) is 22.8 Å². The summed E-state index contributed by atoms with van der Waals surface area (Å²) in [5.74, 6) is 0. The highest BCUT2D eigenvalue weighted by Crippen LogP contribution is 2.05. The van der Waals surface area contributed by atoms with Gasteiger partial charge in [-0.3, -0.25) is 0 Å². The van der Waals surface area contributed by atoms with Crippen LogP contribution in [0.2, 0.25) is 0 Å². The van der Waals surface area contributed by atoms with Gasteiger partial charge in [0.2, 0.25) is 0 Å². The average molecular weight is 161 g/mol. The van der Waals surface area contributed by atoms with Crippen molar-refractivity contribution < 1.29 is 0 Å². The minimum atomic E-state index is 0.810. The third kappa shape index (κ3) is 10.7. The zero-order valence-electron chi connectivity index (χ0n) is 7.53. The minimum Gasteiger partial charge on any atom is -0.0847 e. The molecule has 0 rings (SSSR count). The first-order valence-electron chi connectivity index (χ1n) is 3.63. The lowest BCUT2D eigenvalue weighted by Crippen LogP contribution is -1.64. The number of hydrogen-bond donors (Lipinski definition) is 0. The SMILES string of the molecule is C/C=C(/Cl)C=C(C)C.CC. The molecule has 0 amide bonds. The second-order valence-corrected chi connectivity index (χ2v) is 2.33. The van der Waals surface area contributed by atoms with Crippen LogP contribution in [0, 0.1) is 0 Å². The molecular weight excluding hydrogens is 144 g/mol. The lowest BCUT2D eigenvalue weighted by Gasteiger charge is -1.86. The van der Waals surface area contributed by atoms with Crippen molar-refractivity contribution in [2.24, 2.45) is 0 Å². The van der Waals surface area contributed by atoms with E-state index in [9.17, 15) is 0 Å². The standard InChI is InChI=1S/C7H11Cl.C2H6/c1-4-7(8)5-6(2)3;1-2/h4-5H,1-3H3;1-2H3/b7-4+;. The predicted octanol–water partition coefficient (Wildman–Crippen LogP) is 4.12. The van der Waals surface area contributed by atoms with Crippen LogP contribution < -0.4 is 0 Å². The Bertz CT molecular complexity index is 117. The van der Waals surface area contributed by atoms with Crippen LogP contribution in [0.15, 0.2) is 22.8 Å². The van der Waals surface area contributed by atoms with E-state index in [4.69, 9.17) is 11.6 Å². The molecule has 0 aliphatic heterocycles. The Morgan fingerprint density at radius 2 is 1.60 bits per heavy atom. The molecule has 0 bridgehead atoms. The van der Waals surface area contributed by atoms with E-state index in [0.29, 0.717) is 0 Å². The van der Waals surface area contributed by atoms with Gasteiger partial charge < -0.3 is 0 Å². The molecule has 0 unspecified atom stereocenters. The van der Waals surface area contributed by atoms with Gasteiger partial charge in [0.25, 0.3) is 0 Å². The van der Waals surface area contributed by atoms with Gasteiger partial charge in [-0.2, -0.15) is 0 Å². The smallest absolute Gasteiger partial charge is 0.0362 e. The molecule has 0 aromatic rings. The lowest BCUT2D eigenvalue weighted by atomic mass is 10.3. The van der Waals surface area contributed by atoms with Gasteiger partial charge in [0.15, 0.2) is 0 Å². The Hall–Kier alpha value is -0.230. The molecule has 10 heavy (non-hydrogen) atoms. The molecule has 0 aliphatic rings. The summed E-state index contributed by atoms with van der Waals surface area (Å²) in [5.41, 5.74) is 1.23. The summed E-state index contributed by atoms with van der Waals surface area (Å²) in [7, 11) is 0. The Balaban J connectivity index is 0. The largest absolute Gasteiger partial charge is 0.0847 e. The van der Waals surface area contributed by atoms with Crippen LogP contribution in [0.4, 0.5) is 0 Å². The van der Waals surface area contributed by atoms with Gasteiger partial charge in [-0.15, -0.1) is 0 Å². The van der Waals surface area contributed by atoms with Crippen LogP contribution in [0.3, 0.4) is 0 Å². The molecule has 0 heterocycles.